The number of benzene rings is 2. The molecule has 12 nitrogen and oxygen atoms in total. The number of aromatic nitrogens is 4. The summed E-state index contributed by atoms with van der Waals surface area (Å²) in [7, 11) is 3.16. The lowest BCUT2D eigenvalue weighted by Gasteiger charge is -2.25. The van der Waals surface area contributed by atoms with Crippen LogP contribution in [-0.2, 0) is 22.7 Å². The summed E-state index contributed by atoms with van der Waals surface area (Å²) in [5.74, 6) is 2.14. The van der Waals surface area contributed by atoms with Gasteiger partial charge in [0.05, 0.1) is 48.0 Å². The molecule has 0 bridgehead atoms. The number of nitrogens with one attached hydrogen (secondary N) is 4. The summed E-state index contributed by atoms with van der Waals surface area (Å²) in [6.07, 6.45) is 10.9. The van der Waals surface area contributed by atoms with Gasteiger partial charge in [-0.2, -0.15) is 0 Å². The first kappa shape index (κ1) is 36.6. The SMILES string of the molecule is COc1nc(-c2cccc(-c3cccc(-c4cnc(CN[C@H](C5CC5)[C@@H]5CCC(=O)N5)c(OC)n4)c3Cl)c2Cl)cnc1CNC(C1CC1)[C@@H]1CCC(=O)N1. The van der Waals surface area contributed by atoms with E-state index in [9.17, 15) is 9.59 Å². The Morgan fingerprint density at radius 1 is 0.667 bits per heavy atom. The largest absolute Gasteiger partial charge is 0.480 e. The van der Waals surface area contributed by atoms with Crippen molar-refractivity contribution >= 4 is 35.0 Å². The molecule has 0 spiro atoms. The van der Waals surface area contributed by atoms with Gasteiger partial charge < -0.3 is 30.7 Å². The maximum absolute atomic E-state index is 11.9. The smallest absolute Gasteiger partial charge is 0.237 e. The molecule has 4 aromatic rings. The van der Waals surface area contributed by atoms with Crippen molar-refractivity contribution < 1.29 is 19.1 Å². The Balaban J connectivity index is 1.01. The predicted molar refractivity (Wildman–Crippen MR) is 206 cm³/mol. The minimum Gasteiger partial charge on any atom is -0.480 e. The number of halogens is 2. The lowest BCUT2D eigenvalue weighted by molar-refractivity contribution is -0.120. The number of amides is 2. The molecule has 4 N–H and O–H groups in total. The highest BCUT2D eigenvalue weighted by molar-refractivity contribution is 6.39. The van der Waals surface area contributed by atoms with E-state index in [1.54, 1.807) is 26.6 Å². The van der Waals surface area contributed by atoms with Crippen LogP contribution in [0.15, 0.2) is 48.8 Å². The second-order valence-corrected chi connectivity index (χ2v) is 15.4. The van der Waals surface area contributed by atoms with Crippen LogP contribution in [0.2, 0.25) is 10.0 Å². The molecule has 2 amide bonds. The van der Waals surface area contributed by atoms with Crippen molar-refractivity contribution in [3.8, 4) is 45.4 Å². The number of carbonyl (C=O) groups excluding carboxylic acids is 2. The van der Waals surface area contributed by atoms with E-state index in [-0.39, 0.29) is 36.0 Å². The zero-order chi connectivity index (χ0) is 37.3. The standard InChI is InChI=1S/C40H44Cl2N8O4/c1-53-39-31(19-45-37(21-9-10-21)27-13-15-33(51)47-27)43-17-29(49-39)25-7-3-5-23(35(25)41)24-6-4-8-26(36(24)42)30-18-44-32(40(50-30)54-2)20-46-38(22-11-12-22)28-14-16-34(52)48-28/h3-8,17-18,21-22,27-28,37-38,45-46H,9-16,19-20H2,1-2H3,(H,47,51)(H,48,52)/t27-,28-,37+,38?/m0/s1. The lowest BCUT2D eigenvalue weighted by Crippen LogP contribution is -2.47. The molecule has 4 atom stereocenters. The van der Waals surface area contributed by atoms with Gasteiger partial charge in [-0.05, 0) is 50.4 Å². The maximum atomic E-state index is 11.9. The van der Waals surface area contributed by atoms with E-state index in [4.69, 9.17) is 52.6 Å². The van der Waals surface area contributed by atoms with Gasteiger partial charge in [0.15, 0.2) is 0 Å². The van der Waals surface area contributed by atoms with Crippen LogP contribution in [0.3, 0.4) is 0 Å². The second kappa shape index (κ2) is 15.8. The first-order chi connectivity index (χ1) is 26.3. The Bertz CT molecular complexity index is 1910. The molecular formula is C40H44Cl2N8O4. The summed E-state index contributed by atoms with van der Waals surface area (Å²) in [6.45, 7) is 0.929. The number of carbonyl (C=O) groups is 2. The van der Waals surface area contributed by atoms with Crippen molar-refractivity contribution in [2.24, 2.45) is 11.8 Å². The van der Waals surface area contributed by atoms with Gasteiger partial charge >= 0.3 is 0 Å². The van der Waals surface area contributed by atoms with Crippen molar-refractivity contribution in [3.05, 3.63) is 70.2 Å². The zero-order valence-corrected chi connectivity index (χ0v) is 31.8. The van der Waals surface area contributed by atoms with Crippen molar-refractivity contribution in [3.63, 3.8) is 0 Å². The van der Waals surface area contributed by atoms with Gasteiger partial charge in [0.25, 0.3) is 0 Å². The third-order valence-electron chi connectivity index (χ3n) is 11.0. The molecule has 2 aromatic heterocycles. The van der Waals surface area contributed by atoms with Crippen LogP contribution in [0.4, 0.5) is 0 Å². The van der Waals surface area contributed by atoms with E-state index in [0.717, 1.165) is 49.7 Å². The predicted octanol–water partition coefficient (Wildman–Crippen LogP) is 5.89. The molecule has 4 heterocycles. The number of ether oxygens (including phenoxy) is 2. The van der Waals surface area contributed by atoms with E-state index in [2.05, 4.69) is 21.3 Å². The van der Waals surface area contributed by atoms with Gasteiger partial charge in [-0.3, -0.25) is 19.6 Å². The fraction of sp³-hybridized carbons (Fsp3) is 0.450. The molecule has 2 aliphatic carbocycles. The number of hydrogen-bond donors (Lipinski definition) is 4. The van der Waals surface area contributed by atoms with Crippen LogP contribution in [0.5, 0.6) is 11.8 Å². The fourth-order valence-electron chi connectivity index (χ4n) is 7.93. The molecule has 14 heteroatoms. The molecule has 2 aromatic carbocycles. The Hall–Kier alpha value is -4.36. The molecular weight excluding hydrogens is 727 g/mol. The molecule has 8 rings (SSSR count). The highest BCUT2D eigenvalue weighted by atomic mass is 35.5. The van der Waals surface area contributed by atoms with Gasteiger partial charge in [0.2, 0.25) is 23.6 Å². The zero-order valence-electron chi connectivity index (χ0n) is 30.3. The van der Waals surface area contributed by atoms with Crippen LogP contribution in [0.25, 0.3) is 33.6 Å². The van der Waals surface area contributed by atoms with Gasteiger partial charge in [-0.15, -0.1) is 0 Å². The fourth-order valence-corrected chi connectivity index (χ4v) is 8.58. The lowest BCUT2D eigenvalue weighted by atomic mass is 9.98. The minimum absolute atomic E-state index is 0.114. The number of nitrogens with zero attached hydrogens (tertiary/aromatic N) is 4. The maximum Gasteiger partial charge on any atom is 0.237 e. The van der Waals surface area contributed by atoms with E-state index < -0.39 is 0 Å². The third kappa shape index (κ3) is 7.75. The molecule has 4 aliphatic rings. The molecule has 54 heavy (non-hydrogen) atoms. The summed E-state index contributed by atoms with van der Waals surface area (Å²) in [5.41, 5.74) is 5.32. The molecule has 2 saturated heterocycles. The van der Waals surface area contributed by atoms with Gasteiger partial charge in [-0.1, -0.05) is 59.6 Å². The molecule has 0 radical (unpaired) electrons. The second-order valence-electron chi connectivity index (χ2n) is 14.7. The van der Waals surface area contributed by atoms with E-state index >= 15 is 0 Å². The normalized spacial score (nSPS) is 20.7. The Kier molecular flexibility index (Phi) is 10.7. The average molecular weight is 772 g/mol. The van der Waals surface area contributed by atoms with E-state index in [1.165, 1.54) is 0 Å². The summed E-state index contributed by atoms with van der Waals surface area (Å²) in [5, 5.41) is 14.4. The van der Waals surface area contributed by atoms with Crippen LogP contribution in [0, 0.1) is 11.8 Å². The molecule has 4 fully saturated rings. The van der Waals surface area contributed by atoms with Crippen molar-refractivity contribution in [2.45, 2.75) is 88.6 Å². The highest BCUT2D eigenvalue weighted by Gasteiger charge is 2.40. The summed E-state index contributed by atoms with van der Waals surface area (Å²) < 4.78 is 11.4. The Morgan fingerprint density at radius 3 is 1.43 bits per heavy atom. The van der Waals surface area contributed by atoms with Crippen molar-refractivity contribution in [1.29, 1.82) is 0 Å². The monoisotopic (exact) mass is 770 g/mol. The van der Waals surface area contributed by atoms with Crippen LogP contribution < -0.4 is 30.7 Å². The van der Waals surface area contributed by atoms with Gasteiger partial charge in [-0.25, -0.2) is 9.97 Å². The topological polar surface area (TPSA) is 152 Å². The van der Waals surface area contributed by atoms with E-state index in [1.807, 2.05) is 36.4 Å². The quantitative estimate of drug-likeness (QED) is 0.115. The number of methoxy groups -OCH3 is 2. The molecule has 2 saturated carbocycles. The number of rotatable bonds is 15. The molecule has 2 aliphatic heterocycles. The first-order valence-electron chi connectivity index (χ1n) is 18.7. The van der Waals surface area contributed by atoms with Crippen LogP contribution >= 0.6 is 23.2 Å². The summed E-state index contributed by atoms with van der Waals surface area (Å²) >= 11 is 14.3. The van der Waals surface area contributed by atoms with Gasteiger partial charge in [0.1, 0.15) is 11.4 Å². The van der Waals surface area contributed by atoms with Gasteiger partial charge in [0, 0.05) is 72.4 Å². The van der Waals surface area contributed by atoms with Crippen molar-refractivity contribution in [1.82, 2.24) is 41.2 Å². The number of hydrogen-bond acceptors (Lipinski definition) is 10. The first-order valence-corrected chi connectivity index (χ1v) is 19.5. The molecule has 282 valence electrons. The summed E-state index contributed by atoms with van der Waals surface area (Å²) in [4.78, 5) is 42.9. The Morgan fingerprint density at radius 2 is 1.07 bits per heavy atom. The van der Waals surface area contributed by atoms with E-state index in [0.29, 0.717) is 93.5 Å². The van der Waals surface area contributed by atoms with Crippen LogP contribution in [0.1, 0.15) is 62.8 Å². The highest BCUT2D eigenvalue weighted by Crippen LogP contribution is 2.43. The van der Waals surface area contributed by atoms with Crippen LogP contribution in [-0.4, -0.2) is 70.1 Å². The summed E-state index contributed by atoms with van der Waals surface area (Å²) in [6, 6.07) is 12.1. The third-order valence-corrected chi connectivity index (χ3v) is 11.9. The minimum atomic E-state index is 0.114. The molecule has 1 unspecified atom stereocenters. The average Bonchev–Trinajstić information content (AvgIpc) is 4.12. The van der Waals surface area contributed by atoms with Crippen molar-refractivity contribution in [2.75, 3.05) is 14.2 Å². The Labute approximate surface area is 324 Å².